The van der Waals surface area contributed by atoms with Gasteiger partial charge in [0.05, 0.1) is 4.92 Å². The molecule has 0 aliphatic carbocycles. The summed E-state index contributed by atoms with van der Waals surface area (Å²) in [5.41, 5.74) is 5.19. The number of nitrogens with zero attached hydrogens (tertiary/aromatic N) is 1. The predicted molar refractivity (Wildman–Crippen MR) is 71.7 cm³/mol. The highest BCUT2D eigenvalue weighted by Crippen LogP contribution is 2.26. The van der Waals surface area contributed by atoms with E-state index in [2.05, 4.69) is 4.72 Å². The number of hydrogen-bond acceptors (Lipinski definition) is 6. The summed E-state index contributed by atoms with van der Waals surface area (Å²) in [4.78, 5) is 9.78. The largest absolute Gasteiger partial charge is 0.399 e. The summed E-state index contributed by atoms with van der Waals surface area (Å²) in [5, 5.41) is 10.9. The minimum absolute atomic E-state index is 0.156. The molecular weight excluding hydrogens is 286 g/mol. The summed E-state index contributed by atoms with van der Waals surface area (Å²) in [5.74, 6) is 0. The lowest BCUT2D eigenvalue weighted by molar-refractivity contribution is -0.387. The van der Waals surface area contributed by atoms with Crippen molar-refractivity contribution >= 4 is 21.4 Å². The highest BCUT2D eigenvalue weighted by molar-refractivity contribution is 7.89. The summed E-state index contributed by atoms with van der Waals surface area (Å²) in [6.07, 6.45) is 1.07. The van der Waals surface area contributed by atoms with Crippen molar-refractivity contribution in [3.05, 3.63) is 28.3 Å². The summed E-state index contributed by atoms with van der Waals surface area (Å²) in [6, 6.07) is 3.20. The first kappa shape index (κ1) is 14.7. The number of sulfonamides is 1. The molecule has 20 heavy (non-hydrogen) atoms. The number of benzene rings is 1. The Labute approximate surface area is 116 Å². The van der Waals surface area contributed by atoms with Crippen molar-refractivity contribution in [1.29, 1.82) is 0 Å². The lowest BCUT2D eigenvalue weighted by atomic mass is 10.1. The Hall–Kier alpha value is -1.71. The normalized spacial score (nSPS) is 17.0. The second kappa shape index (κ2) is 5.73. The zero-order chi connectivity index (χ0) is 14.8. The van der Waals surface area contributed by atoms with Crippen LogP contribution in [0.5, 0.6) is 0 Å². The first-order valence-electron chi connectivity index (χ1n) is 6.04. The summed E-state index contributed by atoms with van der Waals surface area (Å²) in [6.45, 7) is 0.929. The van der Waals surface area contributed by atoms with Gasteiger partial charge in [0.2, 0.25) is 10.0 Å². The van der Waals surface area contributed by atoms with E-state index in [4.69, 9.17) is 10.5 Å². The fraction of sp³-hybridized carbons (Fsp3) is 0.455. The zero-order valence-electron chi connectivity index (χ0n) is 10.6. The van der Waals surface area contributed by atoms with E-state index in [1.165, 1.54) is 6.07 Å². The van der Waals surface area contributed by atoms with E-state index in [1.54, 1.807) is 0 Å². The van der Waals surface area contributed by atoms with Gasteiger partial charge in [-0.3, -0.25) is 10.1 Å². The van der Waals surface area contributed by atoms with E-state index in [0.717, 1.165) is 12.1 Å². The molecule has 0 radical (unpaired) electrons. The zero-order valence-corrected chi connectivity index (χ0v) is 11.4. The third-order valence-corrected chi connectivity index (χ3v) is 4.56. The monoisotopic (exact) mass is 301 g/mol. The Kier molecular flexibility index (Phi) is 4.21. The van der Waals surface area contributed by atoms with Gasteiger partial charge in [0.1, 0.15) is 0 Å². The van der Waals surface area contributed by atoms with Crippen molar-refractivity contribution in [1.82, 2.24) is 4.72 Å². The van der Waals surface area contributed by atoms with Crippen LogP contribution in [0.1, 0.15) is 12.8 Å². The maximum atomic E-state index is 12.3. The van der Waals surface area contributed by atoms with Gasteiger partial charge in [-0.05, 0) is 25.0 Å². The smallest absolute Gasteiger partial charge is 0.289 e. The second-order valence-corrected chi connectivity index (χ2v) is 6.17. The number of nitrogens with two attached hydrogens (primary N) is 1. The molecule has 0 aromatic heterocycles. The van der Waals surface area contributed by atoms with Crippen molar-refractivity contribution < 1.29 is 18.1 Å². The first-order valence-corrected chi connectivity index (χ1v) is 7.52. The molecule has 1 aromatic carbocycles. The molecule has 0 bridgehead atoms. The van der Waals surface area contributed by atoms with Gasteiger partial charge >= 0.3 is 0 Å². The fourth-order valence-electron chi connectivity index (χ4n) is 2.00. The Morgan fingerprint density at radius 1 is 1.35 bits per heavy atom. The number of ether oxygens (including phenoxy) is 1. The van der Waals surface area contributed by atoms with Gasteiger partial charge in [-0.1, -0.05) is 0 Å². The van der Waals surface area contributed by atoms with Crippen LogP contribution < -0.4 is 10.5 Å². The standard InChI is InChI=1S/C11H15N3O5S/c12-8-1-2-10(14(15)16)11(7-8)20(17,18)13-9-3-5-19-6-4-9/h1-2,7,9,13H,3-6,12H2. The Bertz CT molecular complexity index is 610. The van der Waals surface area contributed by atoms with E-state index in [9.17, 15) is 18.5 Å². The van der Waals surface area contributed by atoms with Gasteiger partial charge in [0, 0.05) is 31.0 Å². The molecule has 110 valence electrons. The average molecular weight is 301 g/mol. The highest BCUT2D eigenvalue weighted by atomic mass is 32.2. The summed E-state index contributed by atoms with van der Waals surface area (Å²) >= 11 is 0. The van der Waals surface area contributed by atoms with E-state index in [0.29, 0.717) is 26.1 Å². The molecule has 1 saturated heterocycles. The Morgan fingerprint density at radius 2 is 2.00 bits per heavy atom. The number of hydrogen-bond donors (Lipinski definition) is 2. The molecule has 1 aromatic rings. The number of nitro benzene ring substituents is 1. The molecule has 2 rings (SSSR count). The second-order valence-electron chi connectivity index (χ2n) is 4.49. The van der Waals surface area contributed by atoms with Crippen LogP contribution in [-0.4, -0.2) is 32.6 Å². The third-order valence-electron chi connectivity index (χ3n) is 3.01. The maximum Gasteiger partial charge on any atom is 0.289 e. The van der Waals surface area contributed by atoms with Crippen LogP contribution >= 0.6 is 0 Å². The van der Waals surface area contributed by atoms with E-state index in [-0.39, 0.29) is 11.7 Å². The lowest BCUT2D eigenvalue weighted by Crippen LogP contribution is -2.39. The lowest BCUT2D eigenvalue weighted by Gasteiger charge is -2.22. The molecular formula is C11H15N3O5S. The van der Waals surface area contributed by atoms with E-state index in [1.807, 2.05) is 0 Å². The van der Waals surface area contributed by atoms with Crippen molar-refractivity contribution in [3.8, 4) is 0 Å². The molecule has 1 heterocycles. The van der Waals surface area contributed by atoms with Crippen LogP contribution in [0.3, 0.4) is 0 Å². The number of anilines is 1. The minimum atomic E-state index is -3.99. The van der Waals surface area contributed by atoms with Gasteiger partial charge in [0.15, 0.2) is 4.90 Å². The number of nitrogen functional groups attached to an aromatic ring is 1. The summed E-state index contributed by atoms with van der Waals surface area (Å²) in [7, 11) is -3.99. The molecule has 0 atom stereocenters. The molecule has 8 nitrogen and oxygen atoms in total. The minimum Gasteiger partial charge on any atom is -0.399 e. The van der Waals surface area contributed by atoms with E-state index >= 15 is 0 Å². The SMILES string of the molecule is Nc1ccc([N+](=O)[O-])c(S(=O)(=O)NC2CCOCC2)c1. The van der Waals surface area contributed by atoms with Crippen LogP contribution in [0, 0.1) is 10.1 Å². The number of nitro groups is 1. The fourth-order valence-corrected chi connectivity index (χ4v) is 3.51. The molecule has 1 aliphatic rings. The predicted octanol–water partition coefficient (Wildman–Crippen LogP) is 0.634. The van der Waals surface area contributed by atoms with Crippen LogP contribution in [0.2, 0.25) is 0 Å². The van der Waals surface area contributed by atoms with Gasteiger partial charge in [-0.2, -0.15) is 0 Å². The number of rotatable bonds is 4. The van der Waals surface area contributed by atoms with Crippen LogP contribution in [-0.2, 0) is 14.8 Å². The van der Waals surface area contributed by atoms with Crippen molar-refractivity contribution in [2.24, 2.45) is 0 Å². The van der Waals surface area contributed by atoms with Gasteiger partial charge in [0.25, 0.3) is 5.69 Å². The Balaban J connectivity index is 2.32. The average Bonchev–Trinajstić information content (AvgIpc) is 2.39. The van der Waals surface area contributed by atoms with Crippen molar-refractivity contribution in [3.63, 3.8) is 0 Å². The molecule has 0 unspecified atom stereocenters. The van der Waals surface area contributed by atoms with Gasteiger partial charge in [-0.15, -0.1) is 0 Å². The van der Waals surface area contributed by atoms with E-state index < -0.39 is 25.5 Å². The molecule has 0 spiro atoms. The van der Waals surface area contributed by atoms with Gasteiger partial charge < -0.3 is 10.5 Å². The highest BCUT2D eigenvalue weighted by Gasteiger charge is 2.29. The van der Waals surface area contributed by atoms with Crippen LogP contribution in [0.15, 0.2) is 23.1 Å². The van der Waals surface area contributed by atoms with Gasteiger partial charge in [-0.25, -0.2) is 13.1 Å². The topological polar surface area (TPSA) is 125 Å². The quantitative estimate of drug-likeness (QED) is 0.477. The third kappa shape index (κ3) is 3.24. The molecule has 0 amide bonds. The van der Waals surface area contributed by atoms with Crippen molar-refractivity contribution in [2.45, 2.75) is 23.8 Å². The van der Waals surface area contributed by atoms with Crippen molar-refractivity contribution in [2.75, 3.05) is 18.9 Å². The molecule has 0 saturated carbocycles. The Morgan fingerprint density at radius 3 is 2.60 bits per heavy atom. The maximum absolute atomic E-state index is 12.3. The first-order chi connectivity index (χ1) is 9.40. The molecule has 1 fully saturated rings. The van der Waals surface area contributed by atoms with Crippen LogP contribution in [0.4, 0.5) is 11.4 Å². The molecule has 3 N–H and O–H groups in total. The van der Waals surface area contributed by atoms with Crippen LogP contribution in [0.25, 0.3) is 0 Å². The number of nitrogens with one attached hydrogen (secondary N) is 1. The summed E-state index contributed by atoms with van der Waals surface area (Å²) < 4.78 is 32.1. The molecule has 1 aliphatic heterocycles. The molecule has 9 heteroatoms.